The predicted octanol–water partition coefficient (Wildman–Crippen LogP) is 3.46. The molecule has 1 heterocycles. The van der Waals surface area contributed by atoms with E-state index in [0.29, 0.717) is 16.3 Å². The molecule has 0 bridgehead atoms. The van der Waals surface area contributed by atoms with E-state index in [0.717, 1.165) is 5.39 Å². The van der Waals surface area contributed by atoms with E-state index >= 15 is 0 Å². The lowest BCUT2D eigenvalue weighted by molar-refractivity contribution is 0.0593. The van der Waals surface area contributed by atoms with E-state index in [1.807, 2.05) is 13.8 Å². The van der Waals surface area contributed by atoms with Crippen LogP contribution < -0.4 is 4.74 Å². The molecule has 100 valence electrons. The highest BCUT2D eigenvalue weighted by molar-refractivity contribution is 6.31. The standard InChI is InChI=1S/C14H14ClNO3/c1-8(2)19-13-7-12(14(17)18-3)16-11-5-4-9(15)6-10(11)13/h4-8H,1-3H3. The molecule has 0 saturated heterocycles. The lowest BCUT2D eigenvalue weighted by Crippen LogP contribution is -2.09. The van der Waals surface area contributed by atoms with Crippen molar-refractivity contribution in [1.29, 1.82) is 0 Å². The number of benzene rings is 1. The Kier molecular flexibility index (Phi) is 3.90. The molecule has 0 fully saturated rings. The zero-order valence-corrected chi connectivity index (χ0v) is 11.7. The van der Waals surface area contributed by atoms with Gasteiger partial charge in [0.2, 0.25) is 0 Å². The summed E-state index contributed by atoms with van der Waals surface area (Å²) >= 11 is 5.98. The van der Waals surface area contributed by atoms with Crippen molar-refractivity contribution in [2.75, 3.05) is 7.11 Å². The second kappa shape index (κ2) is 5.45. The van der Waals surface area contributed by atoms with Crippen LogP contribution in [0.3, 0.4) is 0 Å². The average molecular weight is 280 g/mol. The van der Waals surface area contributed by atoms with E-state index in [9.17, 15) is 4.79 Å². The van der Waals surface area contributed by atoms with Crippen LogP contribution in [0.25, 0.3) is 10.9 Å². The second-order valence-electron chi connectivity index (χ2n) is 4.33. The Morgan fingerprint density at radius 3 is 2.68 bits per heavy atom. The summed E-state index contributed by atoms with van der Waals surface area (Å²) in [6.45, 7) is 3.82. The maximum absolute atomic E-state index is 11.6. The van der Waals surface area contributed by atoms with Crippen molar-refractivity contribution in [2.24, 2.45) is 0 Å². The lowest BCUT2D eigenvalue weighted by atomic mass is 10.1. The van der Waals surface area contributed by atoms with Gasteiger partial charge in [-0.2, -0.15) is 0 Å². The van der Waals surface area contributed by atoms with Crippen molar-refractivity contribution in [1.82, 2.24) is 4.98 Å². The van der Waals surface area contributed by atoms with E-state index in [2.05, 4.69) is 9.72 Å². The van der Waals surface area contributed by atoms with Gasteiger partial charge in [-0.15, -0.1) is 0 Å². The zero-order chi connectivity index (χ0) is 14.0. The molecule has 0 saturated carbocycles. The summed E-state index contributed by atoms with van der Waals surface area (Å²) in [5.74, 6) is 0.0772. The fourth-order valence-corrected chi connectivity index (χ4v) is 1.90. The minimum Gasteiger partial charge on any atom is -0.490 e. The van der Waals surface area contributed by atoms with Crippen LogP contribution in [0.1, 0.15) is 24.3 Å². The highest BCUT2D eigenvalue weighted by Gasteiger charge is 2.14. The van der Waals surface area contributed by atoms with E-state index < -0.39 is 5.97 Å². The molecule has 5 heteroatoms. The summed E-state index contributed by atoms with van der Waals surface area (Å²) in [4.78, 5) is 15.8. The largest absolute Gasteiger partial charge is 0.490 e. The maximum Gasteiger partial charge on any atom is 0.356 e. The molecule has 0 radical (unpaired) electrons. The molecule has 1 aromatic carbocycles. The summed E-state index contributed by atoms with van der Waals surface area (Å²) in [6, 6.07) is 6.81. The van der Waals surface area contributed by atoms with Gasteiger partial charge in [-0.3, -0.25) is 0 Å². The summed E-state index contributed by atoms with van der Waals surface area (Å²) in [7, 11) is 1.32. The van der Waals surface area contributed by atoms with E-state index in [1.54, 1.807) is 24.3 Å². The molecule has 2 aromatic rings. The topological polar surface area (TPSA) is 48.4 Å². The van der Waals surface area contributed by atoms with Crippen LogP contribution >= 0.6 is 11.6 Å². The molecule has 0 unspecified atom stereocenters. The van der Waals surface area contributed by atoms with Crippen LogP contribution in [-0.2, 0) is 4.74 Å². The number of methoxy groups -OCH3 is 1. The number of pyridine rings is 1. The summed E-state index contributed by atoms with van der Waals surface area (Å²) in [5.41, 5.74) is 0.857. The van der Waals surface area contributed by atoms with Gasteiger partial charge in [-0.05, 0) is 32.0 Å². The third-order valence-corrected chi connectivity index (χ3v) is 2.73. The Morgan fingerprint density at radius 2 is 2.05 bits per heavy atom. The summed E-state index contributed by atoms with van der Waals surface area (Å²) < 4.78 is 10.4. The van der Waals surface area contributed by atoms with Crippen LogP contribution in [-0.4, -0.2) is 24.2 Å². The summed E-state index contributed by atoms with van der Waals surface area (Å²) in [5, 5.41) is 1.36. The first kappa shape index (κ1) is 13.6. The monoisotopic (exact) mass is 279 g/mol. The molecule has 0 aliphatic rings. The number of rotatable bonds is 3. The number of carbonyl (C=O) groups excluding carboxylic acids is 1. The predicted molar refractivity (Wildman–Crippen MR) is 73.9 cm³/mol. The number of hydrogen-bond acceptors (Lipinski definition) is 4. The molecular weight excluding hydrogens is 266 g/mol. The minimum atomic E-state index is -0.495. The Morgan fingerprint density at radius 1 is 1.32 bits per heavy atom. The first-order valence-corrected chi connectivity index (χ1v) is 6.24. The van der Waals surface area contributed by atoms with Gasteiger partial charge in [0, 0.05) is 16.5 Å². The molecule has 0 aliphatic carbocycles. The van der Waals surface area contributed by atoms with Gasteiger partial charge >= 0.3 is 5.97 Å². The van der Waals surface area contributed by atoms with Crippen molar-refractivity contribution in [3.05, 3.63) is 35.0 Å². The first-order valence-electron chi connectivity index (χ1n) is 5.86. The van der Waals surface area contributed by atoms with Crippen LogP contribution in [0.5, 0.6) is 5.75 Å². The number of ether oxygens (including phenoxy) is 2. The van der Waals surface area contributed by atoms with Crippen LogP contribution in [0, 0.1) is 0 Å². The van der Waals surface area contributed by atoms with E-state index in [-0.39, 0.29) is 11.8 Å². The van der Waals surface area contributed by atoms with Crippen molar-refractivity contribution in [3.63, 3.8) is 0 Å². The molecule has 0 amide bonds. The van der Waals surface area contributed by atoms with Gasteiger partial charge in [0.15, 0.2) is 5.69 Å². The average Bonchev–Trinajstić information content (AvgIpc) is 2.37. The van der Waals surface area contributed by atoms with Gasteiger partial charge in [0.1, 0.15) is 5.75 Å². The Balaban J connectivity index is 2.65. The number of hydrogen-bond donors (Lipinski definition) is 0. The number of halogens is 1. The molecule has 0 spiro atoms. The normalized spacial score (nSPS) is 10.8. The molecular formula is C14H14ClNO3. The zero-order valence-electron chi connectivity index (χ0n) is 10.9. The SMILES string of the molecule is COC(=O)c1cc(OC(C)C)c2cc(Cl)ccc2n1. The highest BCUT2D eigenvalue weighted by Crippen LogP contribution is 2.29. The number of carbonyl (C=O) groups is 1. The summed E-state index contributed by atoms with van der Waals surface area (Å²) in [6.07, 6.45) is -0.0184. The minimum absolute atomic E-state index is 0.0184. The molecule has 19 heavy (non-hydrogen) atoms. The smallest absolute Gasteiger partial charge is 0.356 e. The fraction of sp³-hybridized carbons (Fsp3) is 0.286. The maximum atomic E-state index is 11.6. The molecule has 0 atom stereocenters. The highest BCUT2D eigenvalue weighted by atomic mass is 35.5. The Hall–Kier alpha value is -1.81. The third kappa shape index (κ3) is 2.96. The van der Waals surface area contributed by atoms with Crippen molar-refractivity contribution in [2.45, 2.75) is 20.0 Å². The molecule has 4 nitrogen and oxygen atoms in total. The third-order valence-electron chi connectivity index (χ3n) is 2.49. The fourth-order valence-electron chi connectivity index (χ4n) is 1.73. The van der Waals surface area contributed by atoms with Gasteiger partial charge < -0.3 is 9.47 Å². The second-order valence-corrected chi connectivity index (χ2v) is 4.76. The van der Waals surface area contributed by atoms with Gasteiger partial charge in [0.25, 0.3) is 0 Å². The Bertz CT molecular complexity index is 625. The van der Waals surface area contributed by atoms with Crippen molar-refractivity contribution >= 4 is 28.5 Å². The van der Waals surface area contributed by atoms with Crippen LogP contribution in [0.15, 0.2) is 24.3 Å². The van der Waals surface area contributed by atoms with Gasteiger partial charge in [0.05, 0.1) is 18.7 Å². The first-order chi connectivity index (χ1) is 9.01. The number of aromatic nitrogens is 1. The molecule has 2 rings (SSSR count). The number of fused-ring (bicyclic) bond motifs is 1. The van der Waals surface area contributed by atoms with Crippen molar-refractivity contribution < 1.29 is 14.3 Å². The van der Waals surface area contributed by atoms with Crippen LogP contribution in [0.2, 0.25) is 5.02 Å². The van der Waals surface area contributed by atoms with E-state index in [1.165, 1.54) is 7.11 Å². The lowest BCUT2D eigenvalue weighted by Gasteiger charge is -2.13. The molecule has 0 N–H and O–H groups in total. The Labute approximate surface area is 116 Å². The van der Waals surface area contributed by atoms with Gasteiger partial charge in [-0.25, -0.2) is 9.78 Å². The van der Waals surface area contributed by atoms with Crippen LogP contribution in [0.4, 0.5) is 0 Å². The number of nitrogens with zero attached hydrogens (tertiary/aromatic N) is 1. The quantitative estimate of drug-likeness (QED) is 0.807. The molecule has 1 aromatic heterocycles. The van der Waals surface area contributed by atoms with E-state index in [4.69, 9.17) is 16.3 Å². The number of esters is 1. The molecule has 0 aliphatic heterocycles. The van der Waals surface area contributed by atoms with Gasteiger partial charge in [-0.1, -0.05) is 11.6 Å². The van der Waals surface area contributed by atoms with Crippen molar-refractivity contribution in [3.8, 4) is 5.75 Å².